The number of hydrogen-bond donors (Lipinski definition) is 0. The fourth-order valence-electron chi connectivity index (χ4n) is 3.33. The average Bonchev–Trinajstić information content (AvgIpc) is 3.39. The number of nitro benzene ring substituents is 1. The molecule has 0 saturated carbocycles. The molecule has 150 valence electrons. The quantitative estimate of drug-likeness (QED) is 0.419. The summed E-state index contributed by atoms with van der Waals surface area (Å²) >= 11 is 7.70. The summed E-state index contributed by atoms with van der Waals surface area (Å²) in [6.45, 7) is 2.99. The van der Waals surface area contributed by atoms with Crippen molar-refractivity contribution in [1.82, 2.24) is 4.98 Å². The van der Waals surface area contributed by atoms with E-state index in [9.17, 15) is 14.9 Å². The van der Waals surface area contributed by atoms with Gasteiger partial charge >= 0.3 is 0 Å². The number of amides is 1. The molecule has 7 nitrogen and oxygen atoms in total. The number of fused-ring (bicyclic) bond motifs is 1. The van der Waals surface area contributed by atoms with Crippen LogP contribution >= 0.6 is 22.9 Å². The Balaban J connectivity index is 1.73. The zero-order chi connectivity index (χ0) is 20.5. The first-order valence-corrected chi connectivity index (χ1v) is 10.4. The first kappa shape index (κ1) is 19.8. The van der Waals surface area contributed by atoms with Crippen LogP contribution in [0.5, 0.6) is 0 Å². The Kier molecular flexibility index (Phi) is 5.49. The van der Waals surface area contributed by atoms with Crippen LogP contribution in [-0.2, 0) is 4.74 Å². The monoisotopic (exact) mass is 431 g/mol. The second kappa shape index (κ2) is 8.06. The Hall–Kier alpha value is -2.55. The van der Waals surface area contributed by atoms with Crippen LogP contribution in [0.4, 0.5) is 10.8 Å². The lowest BCUT2D eigenvalue weighted by Gasteiger charge is -2.23. The molecule has 1 aliphatic heterocycles. The van der Waals surface area contributed by atoms with Gasteiger partial charge in [0.2, 0.25) is 0 Å². The minimum absolute atomic E-state index is 0.0605. The third kappa shape index (κ3) is 3.96. The van der Waals surface area contributed by atoms with Gasteiger partial charge in [-0.15, -0.1) is 0 Å². The number of hydrogen-bond acceptors (Lipinski definition) is 6. The van der Waals surface area contributed by atoms with Crippen LogP contribution < -0.4 is 4.90 Å². The maximum atomic E-state index is 13.3. The highest BCUT2D eigenvalue weighted by atomic mass is 35.5. The molecule has 1 amide bonds. The summed E-state index contributed by atoms with van der Waals surface area (Å²) < 4.78 is 6.56. The molecule has 0 radical (unpaired) electrons. The molecule has 9 heteroatoms. The number of aryl methyl sites for hydroxylation is 1. The number of non-ortho nitro benzene ring substituents is 1. The third-order valence-electron chi connectivity index (χ3n) is 4.90. The molecule has 0 aliphatic carbocycles. The van der Waals surface area contributed by atoms with Crippen molar-refractivity contribution in [1.29, 1.82) is 0 Å². The molecule has 1 saturated heterocycles. The van der Waals surface area contributed by atoms with E-state index in [-0.39, 0.29) is 17.7 Å². The van der Waals surface area contributed by atoms with Crippen molar-refractivity contribution in [3.63, 3.8) is 0 Å². The van der Waals surface area contributed by atoms with E-state index in [1.165, 1.54) is 35.6 Å². The van der Waals surface area contributed by atoms with Gasteiger partial charge in [0, 0.05) is 24.3 Å². The number of rotatable bonds is 5. The Labute approximate surface area is 176 Å². The molecule has 3 aromatic rings. The number of anilines is 1. The maximum absolute atomic E-state index is 13.3. The van der Waals surface area contributed by atoms with E-state index in [1.807, 2.05) is 19.1 Å². The highest BCUT2D eigenvalue weighted by Crippen LogP contribution is 2.36. The predicted octanol–water partition coefficient (Wildman–Crippen LogP) is 4.99. The average molecular weight is 432 g/mol. The molecule has 0 bridgehead atoms. The zero-order valence-electron chi connectivity index (χ0n) is 15.6. The summed E-state index contributed by atoms with van der Waals surface area (Å²) in [5, 5.41) is 12.0. The summed E-state index contributed by atoms with van der Waals surface area (Å²) in [4.78, 5) is 30.0. The summed E-state index contributed by atoms with van der Waals surface area (Å²) in [5.41, 5.74) is 2.04. The van der Waals surface area contributed by atoms with Crippen LogP contribution in [0.25, 0.3) is 10.2 Å². The molecule has 29 heavy (non-hydrogen) atoms. The van der Waals surface area contributed by atoms with Crippen LogP contribution in [0.1, 0.15) is 28.8 Å². The van der Waals surface area contributed by atoms with Gasteiger partial charge in [-0.25, -0.2) is 4.98 Å². The van der Waals surface area contributed by atoms with Gasteiger partial charge in [-0.05, 0) is 43.5 Å². The van der Waals surface area contributed by atoms with Gasteiger partial charge in [0.15, 0.2) is 5.13 Å². The number of carbonyl (C=O) groups is 1. The minimum Gasteiger partial charge on any atom is -0.376 e. The summed E-state index contributed by atoms with van der Waals surface area (Å²) in [7, 11) is 0. The molecule has 1 aromatic heterocycles. The summed E-state index contributed by atoms with van der Waals surface area (Å²) in [6.07, 6.45) is 1.75. The number of ether oxygens (including phenoxy) is 1. The number of aromatic nitrogens is 1. The third-order valence-corrected chi connectivity index (χ3v) is 6.44. The van der Waals surface area contributed by atoms with Crippen LogP contribution in [0.3, 0.4) is 0 Å². The molecular formula is C20H18ClN3O4S. The first-order chi connectivity index (χ1) is 13.9. The second-order valence-electron chi connectivity index (χ2n) is 6.89. The number of nitrogens with zero attached hydrogens (tertiary/aromatic N) is 3. The normalized spacial score (nSPS) is 16.3. The van der Waals surface area contributed by atoms with E-state index in [0.29, 0.717) is 28.9 Å². The van der Waals surface area contributed by atoms with E-state index in [1.54, 1.807) is 4.90 Å². The molecule has 4 rings (SSSR count). The number of thiazole rings is 1. The van der Waals surface area contributed by atoms with Crippen molar-refractivity contribution >= 4 is 49.9 Å². The second-order valence-corrected chi connectivity index (χ2v) is 8.28. The smallest absolute Gasteiger partial charge is 0.269 e. The van der Waals surface area contributed by atoms with E-state index >= 15 is 0 Å². The lowest BCUT2D eigenvalue weighted by Crippen LogP contribution is -2.37. The van der Waals surface area contributed by atoms with Gasteiger partial charge < -0.3 is 4.74 Å². The molecule has 1 aliphatic rings. The van der Waals surface area contributed by atoms with Gasteiger partial charge in [0.05, 0.1) is 32.8 Å². The predicted molar refractivity (Wildman–Crippen MR) is 113 cm³/mol. The largest absolute Gasteiger partial charge is 0.376 e. The van der Waals surface area contributed by atoms with Crippen LogP contribution in [0, 0.1) is 17.0 Å². The molecule has 2 heterocycles. The lowest BCUT2D eigenvalue weighted by atomic mass is 10.1. The summed E-state index contributed by atoms with van der Waals surface area (Å²) in [5.74, 6) is -0.275. The van der Waals surface area contributed by atoms with Crippen LogP contribution in [0.2, 0.25) is 5.02 Å². The number of nitro groups is 1. The van der Waals surface area contributed by atoms with Crippen molar-refractivity contribution in [2.24, 2.45) is 0 Å². The minimum atomic E-state index is -0.489. The Morgan fingerprint density at radius 2 is 2.10 bits per heavy atom. The first-order valence-electron chi connectivity index (χ1n) is 9.17. The van der Waals surface area contributed by atoms with Crippen LogP contribution in [0.15, 0.2) is 36.4 Å². The number of carbonyl (C=O) groups excluding carboxylic acids is 1. The molecular weight excluding hydrogens is 414 g/mol. The topological polar surface area (TPSA) is 85.6 Å². The lowest BCUT2D eigenvalue weighted by molar-refractivity contribution is -0.384. The van der Waals surface area contributed by atoms with Crippen molar-refractivity contribution < 1.29 is 14.5 Å². The van der Waals surface area contributed by atoms with E-state index in [0.717, 1.165) is 28.6 Å². The molecule has 0 spiro atoms. The molecule has 1 atom stereocenters. The molecule has 1 fully saturated rings. The van der Waals surface area contributed by atoms with E-state index < -0.39 is 4.92 Å². The van der Waals surface area contributed by atoms with Gasteiger partial charge in [0.1, 0.15) is 0 Å². The van der Waals surface area contributed by atoms with Gasteiger partial charge in [-0.2, -0.15) is 0 Å². The Bertz CT molecular complexity index is 1040. The fraction of sp³-hybridized carbons (Fsp3) is 0.300. The maximum Gasteiger partial charge on any atom is 0.269 e. The number of benzene rings is 2. The van der Waals surface area contributed by atoms with E-state index in [2.05, 4.69) is 4.98 Å². The summed E-state index contributed by atoms with van der Waals surface area (Å²) in [6, 6.07) is 9.32. The molecule has 0 N–H and O–H groups in total. The Morgan fingerprint density at radius 1 is 1.34 bits per heavy atom. The number of halogens is 1. The molecule has 1 unspecified atom stereocenters. The van der Waals surface area contributed by atoms with Crippen molar-refractivity contribution in [2.45, 2.75) is 25.9 Å². The van der Waals surface area contributed by atoms with E-state index in [4.69, 9.17) is 16.3 Å². The zero-order valence-corrected chi connectivity index (χ0v) is 17.2. The highest BCUT2D eigenvalue weighted by Gasteiger charge is 2.28. The Morgan fingerprint density at radius 3 is 2.72 bits per heavy atom. The SMILES string of the molecule is Cc1ccc(Cl)c2sc(N(CC3CCCO3)C(=O)c3ccc([N+](=O)[O-])cc3)nc12. The van der Waals surface area contributed by atoms with Gasteiger partial charge in [-0.3, -0.25) is 19.8 Å². The standard InChI is InChI=1S/C20H18ClN3O4S/c1-12-4-9-16(21)18-17(12)22-20(29-18)23(11-15-3-2-10-28-15)19(25)13-5-7-14(8-6-13)24(26)27/h4-9,15H,2-3,10-11H2,1H3. The van der Waals surface area contributed by atoms with Crippen molar-refractivity contribution in [3.05, 3.63) is 62.7 Å². The van der Waals surface area contributed by atoms with Gasteiger partial charge in [-0.1, -0.05) is 29.0 Å². The van der Waals surface area contributed by atoms with Crippen molar-refractivity contribution in [3.8, 4) is 0 Å². The fourth-order valence-corrected chi connectivity index (χ4v) is 4.65. The van der Waals surface area contributed by atoms with Crippen molar-refractivity contribution in [2.75, 3.05) is 18.1 Å². The highest BCUT2D eigenvalue weighted by molar-refractivity contribution is 7.23. The van der Waals surface area contributed by atoms with Gasteiger partial charge in [0.25, 0.3) is 11.6 Å². The van der Waals surface area contributed by atoms with Crippen LogP contribution in [-0.4, -0.2) is 35.1 Å². The molecule has 2 aromatic carbocycles.